The summed E-state index contributed by atoms with van der Waals surface area (Å²) in [5.74, 6) is 0.887. The molecule has 4 nitrogen and oxygen atoms in total. The van der Waals surface area contributed by atoms with Crippen molar-refractivity contribution in [3.8, 4) is 5.69 Å². The first kappa shape index (κ1) is 33.6. The molecular formula is C54H46N4. The zero-order valence-corrected chi connectivity index (χ0v) is 32.7. The maximum atomic E-state index is 2.56. The lowest BCUT2D eigenvalue weighted by atomic mass is 9.87. The molecule has 0 spiro atoms. The highest BCUT2D eigenvalue weighted by atomic mass is 15.2. The van der Waals surface area contributed by atoms with E-state index in [2.05, 4.69) is 201 Å². The number of benzene rings is 4. The molecule has 0 bridgehead atoms. The van der Waals surface area contributed by atoms with E-state index in [-0.39, 0.29) is 0 Å². The van der Waals surface area contributed by atoms with Gasteiger partial charge in [-0.05, 0) is 141 Å². The smallest absolute Gasteiger partial charge is 0.0626 e. The Kier molecular flexibility index (Phi) is 7.85. The van der Waals surface area contributed by atoms with Gasteiger partial charge < -0.3 is 19.3 Å². The van der Waals surface area contributed by atoms with E-state index in [9.17, 15) is 0 Å². The Labute approximate surface area is 341 Å². The molecular weight excluding hydrogens is 705 g/mol. The van der Waals surface area contributed by atoms with E-state index in [1.54, 1.807) is 11.1 Å². The van der Waals surface area contributed by atoms with Gasteiger partial charge in [-0.25, -0.2) is 0 Å². The first-order chi connectivity index (χ1) is 28.8. The van der Waals surface area contributed by atoms with Crippen LogP contribution in [0.1, 0.15) is 43.4 Å². The lowest BCUT2D eigenvalue weighted by molar-refractivity contribution is 0.658. The minimum atomic E-state index is 0.320. The van der Waals surface area contributed by atoms with Gasteiger partial charge in [-0.2, -0.15) is 0 Å². The van der Waals surface area contributed by atoms with Gasteiger partial charge in [0.2, 0.25) is 0 Å². The molecule has 0 radical (unpaired) electrons. The SMILES string of the molecule is C1=CC2C3=C(C=CCC3)N(c3ccc(N(c4ccc(N5C6=C(CCC=C6)C6C=CC=CC65)cc4)c4ccc(-n5c6c(c7ccccc75)C=CCC6)cc4)cc3)C2C=C1. The quantitative estimate of drug-likeness (QED) is 0.172. The number of hydrogen-bond donors (Lipinski definition) is 0. The third-order valence-corrected chi connectivity index (χ3v) is 13.5. The van der Waals surface area contributed by atoms with Crippen molar-refractivity contribution in [2.75, 3.05) is 14.7 Å². The molecule has 0 N–H and O–H groups in total. The number of aromatic nitrogens is 1. The molecule has 1 aromatic heterocycles. The number of para-hydroxylation sites is 1. The molecule has 58 heavy (non-hydrogen) atoms. The van der Waals surface area contributed by atoms with Crippen molar-refractivity contribution in [2.24, 2.45) is 11.8 Å². The molecule has 3 heterocycles. The summed E-state index contributed by atoms with van der Waals surface area (Å²) >= 11 is 0. The van der Waals surface area contributed by atoms with E-state index in [1.807, 2.05) is 0 Å². The topological polar surface area (TPSA) is 14.7 Å². The first-order valence-electron chi connectivity index (χ1n) is 21.3. The lowest BCUT2D eigenvalue weighted by Gasteiger charge is -2.32. The zero-order valence-electron chi connectivity index (χ0n) is 32.7. The highest BCUT2D eigenvalue weighted by molar-refractivity contribution is 5.93. The van der Waals surface area contributed by atoms with E-state index < -0.39 is 0 Å². The van der Waals surface area contributed by atoms with Crippen LogP contribution >= 0.6 is 0 Å². The standard InChI is InChI=1S/C54H46N4/c1-7-19-49-43(13-1)44-14-2-8-20-50(44)56(49)40-31-25-37(26-32-40)55(38-27-33-41(34-28-38)57-51-21-9-3-15-45(51)46-16-4-10-22-52(46)57)39-29-35-42(36-30-39)58-53-23-11-5-17-47(53)48-18-6-12-24-54(48)58/h1-3,5,7,9-15,17,19,21-36,45,47,51,53H,4,6,8,16,18,20H2. The maximum absolute atomic E-state index is 2.56. The fourth-order valence-corrected chi connectivity index (χ4v) is 10.9. The summed E-state index contributed by atoms with van der Waals surface area (Å²) in [5, 5.41) is 1.32. The van der Waals surface area contributed by atoms with Crippen LogP contribution in [0.3, 0.4) is 0 Å². The Morgan fingerprint density at radius 1 is 0.466 bits per heavy atom. The fraction of sp³-hybridized carbons (Fsp3) is 0.185. The average molecular weight is 751 g/mol. The Bertz CT molecular complexity index is 2620. The van der Waals surface area contributed by atoms with Gasteiger partial charge in [-0.15, -0.1) is 0 Å². The lowest BCUT2D eigenvalue weighted by Crippen LogP contribution is -2.32. The summed E-state index contributed by atoms with van der Waals surface area (Å²) in [5.41, 5.74) is 17.0. The van der Waals surface area contributed by atoms with Gasteiger partial charge in [-0.3, -0.25) is 0 Å². The number of nitrogens with zero attached hydrogens (tertiary/aromatic N) is 4. The summed E-state index contributed by atoms with van der Waals surface area (Å²) in [7, 11) is 0. The van der Waals surface area contributed by atoms with Crippen molar-refractivity contribution in [3.05, 3.63) is 210 Å². The molecule has 12 rings (SSSR count). The molecule has 4 atom stereocenters. The molecule has 7 aliphatic rings. The van der Waals surface area contributed by atoms with Crippen LogP contribution in [0, 0.1) is 11.8 Å². The summed E-state index contributed by atoms with van der Waals surface area (Å²) < 4.78 is 2.48. The molecule has 5 aromatic rings. The minimum Gasteiger partial charge on any atom is -0.334 e. The van der Waals surface area contributed by atoms with Gasteiger partial charge in [-0.1, -0.05) is 91.1 Å². The predicted octanol–water partition coefficient (Wildman–Crippen LogP) is 13.1. The third-order valence-electron chi connectivity index (χ3n) is 13.5. The van der Waals surface area contributed by atoms with Crippen LogP contribution < -0.4 is 14.7 Å². The van der Waals surface area contributed by atoms with E-state index >= 15 is 0 Å². The van der Waals surface area contributed by atoms with Gasteiger partial charge in [0.25, 0.3) is 0 Å². The second kappa shape index (κ2) is 13.6. The van der Waals surface area contributed by atoms with E-state index in [0.29, 0.717) is 23.9 Å². The largest absolute Gasteiger partial charge is 0.334 e. The fourth-order valence-electron chi connectivity index (χ4n) is 10.9. The summed E-state index contributed by atoms with van der Waals surface area (Å²) in [6, 6.07) is 37.3. The van der Waals surface area contributed by atoms with E-state index in [1.165, 1.54) is 50.6 Å². The highest BCUT2D eigenvalue weighted by Gasteiger charge is 2.40. The molecule has 282 valence electrons. The summed E-state index contributed by atoms with van der Waals surface area (Å²) in [4.78, 5) is 7.54. The highest BCUT2D eigenvalue weighted by Crippen LogP contribution is 2.48. The van der Waals surface area contributed by atoms with Gasteiger partial charge in [0.05, 0.1) is 17.6 Å². The van der Waals surface area contributed by atoms with E-state index in [4.69, 9.17) is 0 Å². The number of hydrogen-bond acceptors (Lipinski definition) is 3. The zero-order chi connectivity index (χ0) is 38.2. The molecule has 0 fully saturated rings. The number of rotatable bonds is 6. The Morgan fingerprint density at radius 3 is 1.52 bits per heavy atom. The van der Waals surface area contributed by atoms with Crippen LogP contribution in [0.25, 0.3) is 22.7 Å². The molecule has 5 aliphatic carbocycles. The van der Waals surface area contributed by atoms with Crippen LogP contribution in [-0.2, 0) is 6.42 Å². The molecule has 4 aromatic carbocycles. The van der Waals surface area contributed by atoms with Crippen molar-refractivity contribution in [3.63, 3.8) is 0 Å². The molecule has 4 heteroatoms. The van der Waals surface area contributed by atoms with Crippen LogP contribution in [0.2, 0.25) is 0 Å². The molecule has 4 unspecified atom stereocenters. The number of anilines is 5. The predicted molar refractivity (Wildman–Crippen MR) is 242 cm³/mol. The Morgan fingerprint density at radius 2 is 0.948 bits per heavy atom. The van der Waals surface area contributed by atoms with Crippen molar-refractivity contribution in [2.45, 2.75) is 50.6 Å². The Hall–Kier alpha value is -6.52. The maximum Gasteiger partial charge on any atom is 0.0626 e. The van der Waals surface area contributed by atoms with Crippen molar-refractivity contribution in [1.82, 2.24) is 4.57 Å². The van der Waals surface area contributed by atoms with Crippen molar-refractivity contribution < 1.29 is 0 Å². The summed E-state index contributed by atoms with van der Waals surface area (Å²) in [6.45, 7) is 0. The third kappa shape index (κ3) is 5.20. The number of fused-ring (bicyclic) bond motifs is 7. The first-order valence-corrected chi connectivity index (χ1v) is 21.3. The summed E-state index contributed by atoms with van der Waals surface area (Å²) in [6.07, 6.45) is 39.1. The van der Waals surface area contributed by atoms with Gasteiger partial charge in [0, 0.05) is 74.0 Å². The Balaban J connectivity index is 0.936. The van der Waals surface area contributed by atoms with Gasteiger partial charge in [0.15, 0.2) is 0 Å². The molecule has 2 aliphatic heterocycles. The van der Waals surface area contributed by atoms with E-state index in [0.717, 1.165) is 55.6 Å². The van der Waals surface area contributed by atoms with Crippen LogP contribution in [0.5, 0.6) is 0 Å². The molecule has 0 amide bonds. The minimum absolute atomic E-state index is 0.320. The van der Waals surface area contributed by atoms with Gasteiger partial charge >= 0.3 is 0 Å². The second-order valence-electron chi connectivity index (χ2n) is 16.6. The second-order valence-corrected chi connectivity index (χ2v) is 16.6. The van der Waals surface area contributed by atoms with Crippen LogP contribution in [0.4, 0.5) is 28.4 Å². The van der Waals surface area contributed by atoms with Crippen molar-refractivity contribution in [1.29, 1.82) is 0 Å². The normalized spacial score (nSPS) is 23.4. The van der Waals surface area contributed by atoms with Crippen molar-refractivity contribution >= 4 is 45.4 Å². The van der Waals surface area contributed by atoms with Crippen LogP contribution in [0.15, 0.2) is 199 Å². The molecule has 0 saturated heterocycles. The molecule has 0 saturated carbocycles. The number of allylic oxidation sites excluding steroid dienone is 9. The van der Waals surface area contributed by atoms with Gasteiger partial charge in [0.1, 0.15) is 0 Å². The monoisotopic (exact) mass is 750 g/mol. The van der Waals surface area contributed by atoms with Crippen LogP contribution in [-0.4, -0.2) is 16.7 Å². The average Bonchev–Trinajstić information content (AvgIpc) is 3.93.